The maximum absolute atomic E-state index is 13.7. The van der Waals surface area contributed by atoms with Crippen LogP contribution in [-0.4, -0.2) is 20.9 Å². The van der Waals surface area contributed by atoms with E-state index in [1.807, 2.05) is 0 Å². The Morgan fingerprint density at radius 2 is 1.61 bits per heavy atom. The van der Waals surface area contributed by atoms with Gasteiger partial charge in [-0.25, -0.2) is 4.39 Å². The van der Waals surface area contributed by atoms with E-state index >= 15 is 0 Å². The van der Waals surface area contributed by atoms with Gasteiger partial charge in [0.1, 0.15) is 5.82 Å². The van der Waals surface area contributed by atoms with Crippen LogP contribution in [0, 0.1) is 23.1 Å². The van der Waals surface area contributed by atoms with Crippen molar-refractivity contribution in [2.24, 2.45) is 17.3 Å². The molecule has 0 aromatic heterocycles. The summed E-state index contributed by atoms with van der Waals surface area (Å²) in [5.74, 6) is 1.28. The van der Waals surface area contributed by atoms with Gasteiger partial charge in [0, 0.05) is 18.2 Å². The minimum absolute atomic E-state index is 0.239. The predicted octanol–water partition coefficient (Wildman–Crippen LogP) is 7.22. The summed E-state index contributed by atoms with van der Waals surface area (Å²) in [6.07, 6.45) is 2.22. The van der Waals surface area contributed by atoms with E-state index in [1.54, 1.807) is 0 Å². The molecule has 0 heterocycles. The van der Waals surface area contributed by atoms with Gasteiger partial charge < -0.3 is 9.74 Å². The normalized spacial score (nSPS) is 26.9. The van der Waals surface area contributed by atoms with Crippen molar-refractivity contribution in [2.75, 3.05) is 6.54 Å². The number of fused-ring (bicyclic) bond motifs is 1. The Morgan fingerprint density at radius 1 is 1.11 bits per heavy atom. The van der Waals surface area contributed by atoms with Gasteiger partial charge in [0.2, 0.25) is 0 Å². The van der Waals surface area contributed by atoms with Crippen molar-refractivity contribution in [1.82, 2.24) is 5.32 Å². The van der Waals surface area contributed by atoms with E-state index in [2.05, 4.69) is 39.9 Å². The monoisotopic (exact) mass is 445 g/mol. The van der Waals surface area contributed by atoms with Crippen molar-refractivity contribution in [1.29, 1.82) is 0 Å². The van der Waals surface area contributed by atoms with Gasteiger partial charge in [0.25, 0.3) is 0 Å². The molecular weight excluding hydrogens is 412 g/mol. The van der Waals surface area contributed by atoms with E-state index in [9.17, 15) is 4.39 Å². The first-order valence-electron chi connectivity index (χ1n) is 10.7. The van der Waals surface area contributed by atoms with Crippen LogP contribution in [0.2, 0.25) is 28.2 Å². The highest BCUT2D eigenvalue weighted by Gasteiger charge is 2.61. The van der Waals surface area contributed by atoms with Crippen molar-refractivity contribution in [2.45, 2.75) is 77.7 Å². The lowest BCUT2D eigenvalue weighted by atomic mass is 9.97. The van der Waals surface area contributed by atoms with Crippen LogP contribution in [0.25, 0.3) is 0 Å². The molecule has 0 saturated heterocycles. The van der Waals surface area contributed by atoms with Crippen molar-refractivity contribution in [3.63, 3.8) is 0 Å². The molecule has 28 heavy (non-hydrogen) atoms. The van der Waals surface area contributed by atoms with Crippen molar-refractivity contribution in [3.05, 3.63) is 33.6 Å². The Morgan fingerprint density at radius 3 is 2.07 bits per heavy atom. The number of rotatable bonds is 9. The Bertz CT molecular complexity index is 665. The van der Waals surface area contributed by atoms with Gasteiger partial charge in [-0.2, -0.15) is 0 Å². The fourth-order valence-corrected chi connectivity index (χ4v) is 8.82. The maximum Gasteiger partial charge on any atom is 0.192 e. The van der Waals surface area contributed by atoms with E-state index in [0.717, 1.165) is 35.5 Å². The van der Waals surface area contributed by atoms with Gasteiger partial charge in [-0.3, -0.25) is 0 Å². The third kappa shape index (κ3) is 4.32. The van der Waals surface area contributed by atoms with Crippen LogP contribution in [0.5, 0.6) is 0 Å². The molecule has 2 nitrogen and oxygen atoms in total. The molecule has 0 aliphatic heterocycles. The Balaban J connectivity index is 1.77. The average molecular weight is 447 g/mol. The molecule has 0 spiro atoms. The van der Waals surface area contributed by atoms with Crippen molar-refractivity contribution < 1.29 is 8.82 Å². The molecule has 1 aromatic carbocycles. The van der Waals surface area contributed by atoms with Crippen LogP contribution in [0.15, 0.2) is 12.1 Å². The molecular formula is C22H34Cl2FNOSi. The van der Waals surface area contributed by atoms with Crippen LogP contribution >= 0.6 is 23.2 Å². The minimum Gasteiger partial charge on any atom is -0.409 e. The van der Waals surface area contributed by atoms with Crippen LogP contribution in [0.4, 0.5) is 4.39 Å². The van der Waals surface area contributed by atoms with Crippen LogP contribution in [-0.2, 0) is 4.43 Å². The molecule has 6 heteroatoms. The molecule has 3 rings (SSSR count). The molecule has 0 radical (unpaired) electrons. The Hall–Kier alpha value is -0.133. The predicted molar refractivity (Wildman–Crippen MR) is 119 cm³/mol. The second-order valence-corrected chi connectivity index (χ2v) is 14.8. The molecule has 3 unspecified atom stereocenters. The average Bonchev–Trinajstić information content (AvgIpc) is 2.99. The second kappa shape index (κ2) is 8.54. The molecule has 1 N–H and O–H groups in total. The fraction of sp³-hybridized carbons (Fsp3) is 0.727. The first-order chi connectivity index (χ1) is 13.2. The van der Waals surface area contributed by atoms with E-state index in [1.165, 1.54) is 25.0 Å². The summed E-state index contributed by atoms with van der Waals surface area (Å²) in [5, 5.41) is 4.45. The first-order valence-corrected chi connectivity index (χ1v) is 14.0. The van der Waals surface area contributed by atoms with E-state index < -0.39 is 14.1 Å². The summed E-state index contributed by atoms with van der Waals surface area (Å²) in [7, 11) is -1.88. The van der Waals surface area contributed by atoms with Crippen LogP contribution in [0.1, 0.15) is 59.1 Å². The second-order valence-electron chi connectivity index (χ2n) is 9.24. The highest BCUT2D eigenvalue weighted by Crippen LogP contribution is 2.66. The zero-order valence-electron chi connectivity index (χ0n) is 17.7. The summed E-state index contributed by atoms with van der Waals surface area (Å²) < 4.78 is 20.5. The lowest BCUT2D eigenvalue weighted by Gasteiger charge is -2.35. The molecule has 2 fully saturated rings. The van der Waals surface area contributed by atoms with Gasteiger partial charge in [-0.05, 0) is 60.4 Å². The number of halogens is 3. The zero-order valence-corrected chi connectivity index (χ0v) is 20.3. The maximum atomic E-state index is 13.7. The molecule has 2 aliphatic rings. The highest BCUT2D eigenvalue weighted by molar-refractivity contribution is 6.73. The third-order valence-corrected chi connectivity index (χ3v) is 12.9. The van der Waals surface area contributed by atoms with Gasteiger partial charge >= 0.3 is 0 Å². The van der Waals surface area contributed by atoms with Crippen LogP contribution < -0.4 is 5.32 Å². The molecule has 3 atom stereocenters. The molecule has 158 valence electrons. The molecule has 0 amide bonds. The number of benzene rings is 1. The van der Waals surface area contributed by atoms with E-state index in [0.29, 0.717) is 28.0 Å². The van der Waals surface area contributed by atoms with Gasteiger partial charge in [-0.15, -0.1) is 0 Å². The zero-order chi connectivity index (χ0) is 20.7. The van der Waals surface area contributed by atoms with Crippen molar-refractivity contribution in [3.8, 4) is 0 Å². The quantitative estimate of drug-likeness (QED) is 0.404. The van der Waals surface area contributed by atoms with E-state index in [4.69, 9.17) is 27.6 Å². The summed E-state index contributed by atoms with van der Waals surface area (Å²) in [4.78, 5) is 0. The van der Waals surface area contributed by atoms with Gasteiger partial charge in [0.05, 0.1) is 16.1 Å². The van der Waals surface area contributed by atoms with E-state index in [-0.39, 0.29) is 6.10 Å². The lowest BCUT2D eigenvalue weighted by molar-refractivity contribution is 0.179. The molecule has 1 aromatic rings. The molecule has 0 bridgehead atoms. The van der Waals surface area contributed by atoms with Crippen molar-refractivity contribution >= 4 is 31.5 Å². The molecule has 2 saturated carbocycles. The highest BCUT2D eigenvalue weighted by atomic mass is 35.5. The summed E-state index contributed by atoms with van der Waals surface area (Å²) in [5.41, 5.74) is 1.25. The smallest absolute Gasteiger partial charge is 0.192 e. The fourth-order valence-electron chi connectivity index (χ4n) is 5.31. The summed E-state index contributed by atoms with van der Waals surface area (Å²) >= 11 is 12.9. The topological polar surface area (TPSA) is 21.3 Å². The third-order valence-electron chi connectivity index (χ3n) is 7.65. The number of nitrogens with one attached hydrogen (secondary N) is 1. The molecule has 2 aliphatic carbocycles. The summed E-state index contributed by atoms with van der Waals surface area (Å²) in [6.45, 7) is 12.1. The standard InChI is InChI=1S/C22H34Cl2FNOSi/c1-6-28(7-2,8-3)27-20(21-18(23)9-14(25)10-19(21)24)13-26-15-11-16-17(12-15)22(16,4)5/h9-10,15-17,20,26H,6-8,11-13H2,1-5H3. The van der Waals surface area contributed by atoms with Crippen LogP contribution in [0.3, 0.4) is 0 Å². The minimum atomic E-state index is -1.88. The number of hydrogen-bond donors (Lipinski definition) is 1. The van der Waals surface area contributed by atoms with Gasteiger partial charge in [0.15, 0.2) is 8.32 Å². The number of hydrogen-bond acceptors (Lipinski definition) is 2. The largest absolute Gasteiger partial charge is 0.409 e. The first kappa shape index (κ1) is 22.5. The Labute approximate surface area is 180 Å². The SMILES string of the molecule is CC[Si](CC)(CC)OC(CNC1CC2C(C1)C2(C)C)c1c(Cl)cc(F)cc1Cl. The summed E-state index contributed by atoms with van der Waals surface area (Å²) in [6, 6.07) is 6.37. The lowest BCUT2D eigenvalue weighted by Crippen LogP contribution is -2.41. The van der Waals surface area contributed by atoms with Gasteiger partial charge in [-0.1, -0.05) is 57.8 Å². The Kier molecular flexibility index (Phi) is 6.88.